The number of aliphatic carboxylic acids is 1. The third-order valence-corrected chi connectivity index (χ3v) is 3.51. The van der Waals surface area contributed by atoms with Crippen LogP contribution in [0, 0.1) is 11.3 Å². The van der Waals surface area contributed by atoms with Gasteiger partial charge in [-0.05, 0) is 18.8 Å². The van der Waals surface area contributed by atoms with E-state index in [-0.39, 0.29) is 11.8 Å². The summed E-state index contributed by atoms with van der Waals surface area (Å²) in [5.41, 5.74) is -0.592. The summed E-state index contributed by atoms with van der Waals surface area (Å²) in [4.78, 5) is 23.7. The second-order valence-electron chi connectivity index (χ2n) is 4.10. The lowest BCUT2D eigenvalue weighted by Gasteiger charge is -2.39. The summed E-state index contributed by atoms with van der Waals surface area (Å²) < 4.78 is 0. The molecule has 0 radical (unpaired) electrons. The van der Waals surface area contributed by atoms with Gasteiger partial charge in [0, 0.05) is 20.0 Å². The van der Waals surface area contributed by atoms with Crippen LogP contribution in [-0.2, 0) is 9.59 Å². The Morgan fingerprint density at radius 2 is 2.23 bits per heavy atom. The number of rotatable bonds is 1. The average molecular weight is 183 g/mol. The SMILES string of the molecule is CC(=O)N1CC2CCC2(C(=O)O)C1. The largest absolute Gasteiger partial charge is 0.481 e. The van der Waals surface area contributed by atoms with E-state index in [0.717, 1.165) is 12.8 Å². The molecule has 1 amide bonds. The minimum Gasteiger partial charge on any atom is -0.481 e. The van der Waals surface area contributed by atoms with Crippen LogP contribution < -0.4 is 0 Å². The Kier molecular flexibility index (Phi) is 1.62. The highest BCUT2D eigenvalue weighted by Crippen LogP contribution is 2.51. The molecule has 2 rings (SSSR count). The summed E-state index contributed by atoms with van der Waals surface area (Å²) >= 11 is 0. The van der Waals surface area contributed by atoms with Gasteiger partial charge < -0.3 is 10.0 Å². The highest BCUT2D eigenvalue weighted by molar-refractivity contribution is 5.80. The van der Waals surface area contributed by atoms with E-state index in [2.05, 4.69) is 0 Å². The molecule has 2 aliphatic rings. The van der Waals surface area contributed by atoms with E-state index in [1.807, 2.05) is 0 Å². The van der Waals surface area contributed by atoms with E-state index in [9.17, 15) is 9.59 Å². The predicted molar refractivity (Wildman–Crippen MR) is 45.0 cm³/mol. The first kappa shape index (κ1) is 8.53. The zero-order chi connectivity index (χ0) is 9.64. The zero-order valence-corrected chi connectivity index (χ0v) is 7.62. The third-order valence-electron chi connectivity index (χ3n) is 3.51. The highest BCUT2D eigenvalue weighted by Gasteiger charge is 2.58. The molecule has 1 aliphatic carbocycles. The fourth-order valence-corrected chi connectivity index (χ4v) is 2.43. The Morgan fingerprint density at radius 1 is 1.54 bits per heavy atom. The lowest BCUT2D eigenvalue weighted by atomic mass is 9.62. The molecule has 1 heterocycles. The molecule has 0 aromatic heterocycles. The van der Waals surface area contributed by atoms with E-state index in [1.165, 1.54) is 6.92 Å². The van der Waals surface area contributed by atoms with Crippen LogP contribution in [0.15, 0.2) is 0 Å². The molecule has 1 aliphatic heterocycles. The Balaban J connectivity index is 2.17. The van der Waals surface area contributed by atoms with Crippen molar-refractivity contribution in [3.8, 4) is 0 Å². The smallest absolute Gasteiger partial charge is 0.311 e. The van der Waals surface area contributed by atoms with Crippen LogP contribution in [0.2, 0.25) is 0 Å². The lowest BCUT2D eigenvalue weighted by Crippen LogP contribution is -2.46. The Hall–Kier alpha value is -1.06. The zero-order valence-electron chi connectivity index (χ0n) is 7.62. The van der Waals surface area contributed by atoms with Gasteiger partial charge in [-0.3, -0.25) is 9.59 Å². The van der Waals surface area contributed by atoms with Crippen LogP contribution in [0.25, 0.3) is 0 Å². The van der Waals surface area contributed by atoms with Gasteiger partial charge in [0.1, 0.15) is 0 Å². The summed E-state index contributed by atoms with van der Waals surface area (Å²) in [5, 5.41) is 9.06. The maximum atomic E-state index is 11.1. The number of likely N-dealkylation sites (tertiary alicyclic amines) is 1. The second-order valence-corrected chi connectivity index (χ2v) is 4.10. The summed E-state index contributed by atoms with van der Waals surface area (Å²) in [6.45, 7) is 2.56. The van der Waals surface area contributed by atoms with Gasteiger partial charge in [-0.2, -0.15) is 0 Å². The van der Waals surface area contributed by atoms with E-state index in [0.29, 0.717) is 13.1 Å². The second kappa shape index (κ2) is 2.47. The summed E-state index contributed by atoms with van der Waals surface area (Å²) in [5.74, 6) is -0.531. The van der Waals surface area contributed by atoms with Crippen molar-refractivity contribution >= 4 is 11.9 Å². The number of fused-ring (bicyclic) bond motifs is 1. The number of hydrogen-bond donors (Lipinski definition) is 1. The molecule has 0 bridgehead atoms. The number of amides is 1. The molecule has 2 unspecified atom stereocenters. The van der Waals surface area contributed by atoms with Crippen molar-refractivity contribution in [2.24, 2.45) is 11.3 Å². The van der Waals surface area contributed by atoms with Gasteiger partial charge in [0.05, 0.1) is 5.41 Å². The van der Waals surface area contributed by atoms with Crippen LogP contribution in [0.1, 0.15) is 19.8 Å². The first-order valence-electron chi connectivity index (χ1n) is 4.55. The number of carbonyl (C=O) groups excluding carboxylic acids is 1. The van der Waals surface area contributed by atoms with Crippen molar-refractivity contribution in [3.05, 3.63) is 0 Å². The third kappa shape index (κ3) is 0.975. The average Bonchev–Trinajstić information content (AvgIpc) is 2.25. The molecule has 13 heavy (non-hydrogen) atoms. The molecule has 1 saturated heterocycles. The van der Waals surface area contributed by atoms with E-state index < -0.39 is 11.4 Å². The first-order valence-corrected chi connectivity index (χ1v) is 4.55. The van der Waals surface area contributed by atoms with Crippen molar-refractivity contribution in [1.82, 2.24) is 4.90 Å². The van der Waals surface area contributed by atoms with Gasteiger partial charge in [-0.25, -0.2) is 0 Å². The Bertz CT molecular complexity index is 276. The van der Waals surface area contributed by atoms with E-state index in [1.54, 1.807) is 4.90 Å². The Morgan fingerprint density at radius 3 is 2.54 bits per heavy atom. The number of carbonyl (C=O) groups is 2. The number of carboxylic acid groups (broad SMARTS) is 1. The molecule has 2 fully saturated rings. The minimum atomic E-state index is -0.729. The van der Waals surface area contributed by atoms with Gasteiger partial charge in [0.2, 0.25) is 5.91 Å². The number of nitrogens with zero attached hydrogens (tertiary/aromatic N) is 1. The van der Waals surface area contributed by atoms with Crippen LogP contribution in [0.4, 0.5) is 0 Å². The summed E-state index contributed by atoms with van der Waals surface area (Å²) in [6, 6.07) is 0. The highest BCUT2D eigenvalue weighted by atomic mass is 16.4. The Labute approximate surface area is 76.5 Å². The fraction of sp³-hybridized carbons (Fsp3) is 0.778. The quantitative estimate of drug-likeness (QED) is 0.637. The molecule has 1 N–H and O–H groups in total. The van der Waals surface area contributed by atoms with Crippen molar-refractivity contribution in [2.75, 3.05) is 13.1 Å². The molecular weight excluding hydrogens is 170 g/mol. The normalized spacial score (nSPS) is 36.7. The molecular formula is C9H13NO3. The molecule has 0 spiro atoms. The summed E-state index contributed by atoms with van der Waals surface area (Å²) in [6.07, 6.45) is 1.69. The fourth-order valence-electron chi connectivity index (χ4n) is 2.43. The van der Waals surface area contributed by atoms with Crippen molar-refractivity contribution in [3.63, 3.8) is 0 Å². The number of hydrogen-bond acceptors (Lipinski definition) is 2. The lowest BCUT2D eigenvalue weighted by molar-refractivity contribution is -0.157. The van der Waals surface area contributed by atoms with Crippen LogP contribution in [-0.4, -0.2) is 35.0 Å². The van der Waals surface area contributed by atoms with Gasteiger partial charge in [-0.1, -0.05) is 0 Å². The van der Waals surface area contributed by atoms with Gasteiger partial charge in [-0.15, -0.1) is 0 Å². The van der Waals surface area contributed by atoms with Crippen LogP contribution in [0.5, 0.6) is 0 Å². The molecule has 0 aromatic carbocycles. The molecule has 0 aromatic rings. The van der Waals surface area contributed by atoms with Crippen LogP contribution in [0.3, 0.4) is 0 Å². The minimum absolute atomic E-state index is 0.00461. The molecule has 4 heteroatoms. The standard InChI is InChI=1S/C9H13NO3/c1-6(11)10-4-7-2-3-9(7,5-10)8(12)13/h7H,2-5H2,1H3,(H,12,13). The van der Waals surface area contributed by atoms with Gasteiger partial charge in [0.15, 0.2) is 0 Å². The predicted octanol–water partition coefficient (Wildman–Crippen LogP) is 0.329. The maximum absolute atomic E-state index is 11.1. The van der Waals surface area contributed by atoms with Crippen LogP contribution >= 0.6 is 0 Å². The molecule has 72 valence electrons. The van der Waals surface area contributed by atoms with Crippen molar-refractivity contribution < 1.29 is 14.7 Å². The van der Waals surface area contributed by atoms with Gasteiger partial charge in [0.25, 0.3) is 0 Å². The molecule has 1 saturated carbocycles. The maximum Gasteiger partial charge on any atom is 0.311 e. The number of carboxylic acids is 1. The van der Waals surface area contributed by atoms with E-state index in [4.69, 9.17) is 5.11 Å². The monoisotopic (exact) mass is 183 g/mol. The van der Waals surface area contributed by atoms with Gasteiger partial charge >= 0.3 is 5.97 Å². The first-order chi connectivity index (χ1) is 6.06. The van der Waals surface area contributed by atoms with Crippen molar-refractivity contribution in [2.45, 2.75) is 19.8 Å². The topological polar surface area (TPSA) is 57.6 Å². The van der Waals surface area contributed by atoms with E-state index >= 15 is 0 Å². The molecule has 2 atom stereocenters. The van der Waals surface area contributed by atoms with Crippen molar-refractivity contribution in [1.29, 1.82) is 0 Å². The summed E-state index contributed by atoms with van der Waals surface area (Å²) in [7, 11) is 0. The molecule has 4 nitrogen and oxygen atoms in total.